The lowest BCUT2D eigenvalue weighted by atomic mass is 9.96. The van der Waals surface area contributed by atoms with Crippen molar-refractivity contribution in [2.75, 3.05) is 6.54 Å². The first-order valence-corrected chi connectivity index (χ1v) is 7.95. The molecule has 0 radical (unpaired) electrons. The van der Waals surface area contributed by atoms with Crippen LogP contribution in [-0.4, -0.2) is 27.5 Å². The number of nitrogens with zero attached hydrogens (tertiary/aromatic N) is 3. The molecule has 112 valence electrons. The van der Waals surface area contributed by atoms with E-state index in [0.29, 0.717) is 31.2 Å². The Morgan fingerprint density at radius 1 is 1.48 bits per heavy atom. The fraction of sp³-hybridized carbons (Fsp3) is 0.533. The number of hydrogen-bond acceptors (Lipinski definition) is 5. The molecule has 2 aromatic rings. The molecule has 0 unspecified atom stereocenters. The summed E-state index contributed by atoms with van der Waals surface area (Å²) in [5.41, 5.74) is -0.138. The first-order valence-electron chi connectivity index (χ1n) is 7.08. The second-order valence-electron chi connectivity index (χ2n) is 6.46. The van der Waals surface area contributed by atoms with Gasteiger partial charge in [-0.3, -0.25) is 4.79 Å². The van der Waals surface area contributed by atoms with Crippen molar-refractivity contribution in [1.82, 2.24) is 15.0 Å². The van der Waals surface area contributed by atoms with Gasteiger partial charge in [-0.1, -0.05) is 32.0 Å². The van der Waals surface area contributed by atoms with Crippen molar-refractivity contribution >= 4 is 17.2 Å². The van der Waals surface area contributed by atoms with Gasteiger partial charge in [0.15, 0.2) is 5.82 Å². The standard InChI is InChI=1S/C15H19N3O2S/c1-15(2,3)14-16-13(20-17-14)10-7-12(19)18(8-10)9-11-5-4-6-21-11/h4-6,10H,7-9H2,1-3H3/t10-/m0/s1. The number of carbonyl (C=O) groups is 1. The minimum absolute atomic E-state index is 0.0149. The lowest BCUT2D eigenvalue weighted by Crippen LogP contribution is -2.23. The normalized spacial score (nSPS) is 19.5. The molecule has 0 bridgehead atoms. The molecule has 0 N–H and O–H groups in total. The van der Waals surface area contributed by atoms with Crippen molar-refractivity contribution in [3.8, 4) is 0 Å². The molecule has 5 nitrogen and oxygen atoms in total. The van der Waals surface area contributed by atoms with Crippen LogP contribution >= 0.6 is 11.3 Å². The molecule has 3 heterocycles. The number of hydrogen-bond donors (Lipinski definition) is 0. The number of carbonyl (C=O) groups excluding carboxylic acids is 1. The molecule has 1 aliphatic heterocycles. The van der Waals surface area contributed by atoms with Crippen LogP contribution in [0.3, 0.4) is 0 Å². The molecule has 1 saturated heterocycles. The maximum Gasteiger partial charge on any atom is 0.232 e. The van der Waals surface area contributed by atoms with Gasteiger partial charge in [-0.15, -0.1) is 11.3 Å². The van der Waals surface area contributed by atoms with E-state index in [-0.39, 0.29) is 17.2 Å². The Balaban J connectivity index is 1.71. The van der Waals surface area contributed by atoms with Gasteiger partial charge < -0.3 is 9.42 Å². The highest BCUT2D eigenvalue weighted by molar-refractivity contribution is 7.09. The van der Waals surface area contributed by atoms with E-state index < -0.39 is 0 Å². The second kappa shape index (κ2) is 5.26. The predicted molar refractivity (Wildman–Crippen MR) is 80.1 cm³/mol. The molecule has 2 aromatic heterocycles. The van der Waals surface area contributed by atoms with Gasteiger partial charge in [0.25, 0.3) is 0 Å². The van der Waals surface area contributed by atoms with Crippen LogP contribution < -0.4 is 0 Å². The monoisotopic (exact) mass is 305 g/mol. The van der Waals surface area contributed by atoms with Gasteiger partial charge in [0, 0.05) is 23.3 Å². The zero-order valence-electron chi connectivity index (χ0n) is 12.5. The minimum atomic E-state index is -0.138. The molecule has 3 rings (SSSR count). The lowest BCUT2D eigenvalue weighted by molar-refractivity contribution is -0.128. The topological polar surface area (TPSA) is 59.2 Å². The summed E-state index contributed by atoms with van der Waals surface area (Å²) in [6, 6.07) is 4.06. The molecule has 0 aromatic carbocycles. The number of aromatic nitrogens is 2. The lowest BCUT2D eigenvalue weighted by Gasteiger charge is -2.14. The van der Waals surface area contributed by atoms with Gasteiger partial charge in [-0.2, -0.15) is 4.98 Å². The predicted octanol–water partition coefficient (Wildman–Crippen LogP) is 2.94. The minimum Gasteiger partial charge on any atom is -0.339 e. The zero-order valence-corrected chi connectivity index (χ0v) is 13.3. The maximum absolute atomic E-state index is 12.1. The van der Waals surface area contributed by atoms with Gasteiger partial charge in [0.1, 0.15) is 0 Å². The average Bonchev–Trinajstić information content (AvgIpc) is 3.11. The van der Waals surface area contributed by atoms with Gasteiger partial charge >= 0.3 is 0 Å². The highest BCUT2D eigenvalue weighted by atomic mass is 32.1. The summed E-state index contributed by atoms with van der Waals surface area (Å²) in [7, 11) is 0. The van der Waals surface area contributed by atoms with Crippen molar-refractivity contribution in [2.45, 2.75) is 45.1 Å². The molecule has 1 amide bonds. The third kappa shape index (κ3) is 3.00. The highest BCUT2D eigenvalue weighted by Crippen LogP contribution is 2.30. The van der Waals surface area contributed by atoms with E-state index in [4.69, 9.17) is 4.52 Å². The van der Waals surface area contributed by atoms with Crippen molar-refractivity contribution in [2.24, 2.45) is 0 Å². The fourth-order valence-electron chi connectivity index (χ4n) is 2.39. The first-order chi connectivity index (χ1) is 9.93. The van der Waals surface area contributed by atoms with Gasteiger partial charge in [-0.25, -0.2) is 0 Å². The number of thiophene rings is 1. The first kappa shape index (κ1) is 14.3. The van der Waals surface area contributed by atoms with Crippen molar-refractivity contribution in [1.29, 1.82) is 0 Å². The second-order valence-corrected chi connectivity index (χ2v) is 7.49. The Morgan fingerprint density at radius 3 is 2.90 bits per heavy atom. The third-order valence-corrected chi connectivity index (χ3v) is 4.46. The number of likely N-dealkylation sites (tertiary alicyclic amines) is 1. The Labute approximate surface area is 128 Å². The molecular weight excluding hydrogens is 286 g/mol. The number of rotatable bonds is 3. The van der Waals surface area contributed by atoms with Crippen molar-refractivity contribution < 1.29 is 9.32 Å². The van der Waals surface area contributed by atoms with E-state index >= 15 is 0 Å². The molecule has 0 spiro atoms. The van der Waals surface area contributed by atoms with Gasteiger partial charge in [0.05, 0.1) is 12.5 Å². The van der Waals surface area contributed by atoms with E-state index in [1.54, 1.807) is 11.3 Å². The van der Waals surface area contributed by atoms with E-state index in [0.717, 1.165) is 0 Å². The quantitative estimate of drug-likeness (QED) is 0.875. The molecule has 1 aliphatic rings. The maximum atomic E-state index is 12.1. The number of amides is 1. The van der Waals surface area contributed by atoms with Crippen LogP contribution in [0.25, 0.3) is 0 Å². The van der Waals surface area contributed by atoms with E-state index in [2.05, 4.69) is 16.2 Å². The summed E-state index contributed by atoms with van der Waals surface area (Å²) in [6.45, 7) is 7.47. The molecule has 1 atom stereocenters. The Hall–Kier alpha value is -1.69. The largest absolute Gasteiger partial charge is 0.339 e. The molecule has 0 saturated carbocycles. The summed E-state index contributed by atoms with van der Waals surface area (Å²) in [4.78, 5) is 19.7. The van der Waals surface area contributed by atoms with Crippen LogP contribution in [0.15, 0.2) is 22.0 Å². The Bertz CT molecular complexity index is 628. The molecule has 0 aliphatic carbocycles. The SMILES string of the molecule is CC(C)(C)c1noc([C@H]2CC(=O)N(Cc3cccs3)C2)n1. The van der Waals surface area contributed by atoms with Crippen molar-refractivity contribution in [3.63, 3.8) is 0 Å². The van der Waals surface area contributed by atoms with Crippen LogP contribution in [0.5, 0.6) is 0 Å². The summed E-state index contributed by atoms with van der Waals surface area (Å²) < 4.78 is 5.37. The van der Waals surface area contributed by atoms with Crippen LogP contribution in [0.1, 0.15) is 49.7 Å². The molecule has 21 heavy (non-hydrogen) atoms. The Kier molecular flexibility index (Phi) is 3.57. The zero-order chi connectivity index (χ0) is 15.0. The van der Waals surface area contributed by atoms with E-state index in [1.165, 1.54) is 4.88 Å². The van der Waals surface area contributed by atoms with Crippen LogP contribution in [0.4, 0.5) is 0 Å². The average molecular weight is 305 g/mol. The van der Waals surface area contributed by atoms with Crippen LogP contribution in [0.2, 0.25) is 0 Å². The van der Waals surface area contributed by atoms with Crippen LogP contribution in [-0.2, 0) is 16.8 Å². The Morgan fingerprint density at radius 2 is 2.29 bits per heavy atom. The van der Waals surface area contributed by atoms with Gasteiger partial charge in [0.2, 0.25) is 11.8 Å². The fourth-order valence-corrected chi connectivity index (χ4v) is 3.11. The molecule has 6 heteroatoms. The van der Waals surface area contributed by atoms with E-state index in [9.17, 15) is 4.79 Å². The smallest absolute Gasteiger partial charge is 0.232 e. The highest BCUT2D eigenvalue weighted by Gasteiger charge is 2.35. The van der Waals surface area contributed by atoms with Crippen LogP contribution in [0, 0.1) is 0 Å². The summed E-state index contributed by atoms with van der Waals surface area (Å²) in [6.07, 6.45) is 0.456. The molecule has 1 fully saturated rings. The summed E-state index contributed by atoms with van der Waals surface area (Å²) in [5, 5.41) is 6.07. The molecular formula is C15H19N3O2S. The van der Waals surface area contributed by atoms with E-state index in [1.807, 2.05) is 37.1 Å². The van der Waals surface area contributed by atoms with Gasteiger partial charge in [-0.05, 0) is 11.4 Å². The van der Waals surface area contributed by atoms with Crippen molar-refractivity contribution in [3.05, 3.63) is 34.1 Å². The summed E-state index contributed by atoms with van der Waals surface area (Å²) >= 11 is 1.67. The summed E-state index contributed by atoms with van der Waals surface area (Å²) in [5.74, 6) is 1.45. The third-order valence-electron chi connectivity index (χ3n) is 3.60.